The first-order chi connectivity index (χ1) is 12.9. The smallest absolute Gasteiger partial charge is 0.278 e. The van der Waals surface area contributed by atoms with Crippen LogP contribution < -0.4 is 5.56 Å². The number of hydrogen-bond acceptors (Lipinski definition) is 3. The molecule has 6 heteroatoms. The fraction of sp³-hybridized carbons (Fsp3) is 0.333. The van der Waals surface area contributed by atoms with Crippen LogP contribution in [0, 0.1) is 18.8 Å². The molecule has 0 bridgehead atoms. The standard InChI is InChI=1S/C21H24N4O2/c1-6-8-15-11-14(3)18(16(7-2)12-15)19-20(26)24(5)25(21(19)27)13-17-9-10-23(4)22-17/h9-12,26H,7,13H2,1-5H3. The van der Waals surface area contributed by atoms with Gasteiger partial charge >= 0.3 is 0 Å². The highest BCUT2D eigenvalue weighted by molar-refractivity contribution is 5.75. The number of nitrogens with zero attached hydrogens (tertiary/aromatic N) is 4. The highest BCUT2D eigenvalue weighted by atomic mass is 16.3. The van der Waals surface area contributed by atoms with E-state index in [4.69, 9.17) is 0 Å². The fourth-order valence-corrected chi connectivity index (χ4v) is 3.45. The number of aromatic hydroxyl groups is 1. The molecule has 3 rings (SSSR count). The molecule has 0 amide bonds. The minimum absolute atomic E-state index is 0.0388. The van der Waals surface area contributed by atoms with Gasteiger partial charge in [-0.2, -0.15) is 5.10 Å². The molecule has 1 N–H and O–H groups in total. The van der Waals surface area contributed by atoms with Gasteiger partial charge in [0.15, 0.2) is 0 Å². The normalized spacial score (nSPS) is 10.7. The van der Waals surface area contributed by atoms with Gasteiger partial charge in [0.05, 0.1) is 12.2 Å². The van der Waals surface area contributed by atoms with Gasteiger partial charge in [-0.15, -0.1) is 5.92 Å². The first-order valence-corrected chi connectivity index (χ1v) is 8.91. The summed E-state index contributed by atoms with van der Waals surface area (Å²) < 4.78 is 4.69. The fourth-order valence-electron chi connectivity index (χ4n) is 3.45. The Labute approximate surface area is 158 Å². The number of rotatable bonds is 4. The second kappa shape index (κ2) is 7.20. The summed E-state index contributed by atoms with van der Waals surface area (Å²) in [7, 11) is 3.51. The van der Waals surface area contributed by atoms with E-state index in [2.05, 4.69) is 16.9 Å². The molecule has 2 heterocycles. The second-order valence-corrected chi connectivity index (χ2v) is 6.62. The van der Waals surface area contributed by atoms with Crippen LogP contribution in [0.3, 0.4) is 0 Å². The Balaban J connectivity index is 2.19. The van der Waals surface area contributed by atoms with Crippen molar-refractivity contribution in [1.29, 1.82) is 0 Å². The van der Waals surface area contributed by atoms with Crippen LogP contribution in [0.4, 0.5) is 0 Å². The van der Waals surface area contributed by atoms with E-state index in [0.717, 1.165) is 34.4 Å². The van der Waals surface area contributed by atoms with Crippen molar-refractivity contribution < 1.29 is 5.11 Å². The molecule has 0 atom stereocenters. The van der Waals surface area contributed by atoms with E-state index in [-0.39, 0.29) is 11.4 Å². The first-order valence-electron chi connectivity index (χ1n) is 8.91. The predicted octanol–water partition coefficient (Wildman–Crippen LogP) is 2.58. The molecule has 6 nitrogen and oxygen atoms in total. The van der Waals surface area contributed by atoms with Crippen molar-refractivity contribution in [2.45, 2.75) is 33.7 Å². The van der Waals surface area contributed by atoms with E-state index in [1.165, 1.54) is 9.36 Å². The van der Waals surface area contributed by atoms with Gasteiger partial charge in [-0.1, -0.05) is 12.8 Å². The third-order valence-electron chi connectivity index (χ3n) is 4.74. The van der Waals surface area contributed by atoms with Gasteiger partial charge in [0.25, 0.3) is 5.56 Å². The summed E-state index contributed by atoms with van der Waals surface area (Å²) in [4.78, 5) is 13.2. The molecule has 0 spiro atoms. The molecule has 27 heavy (non-hydrogen) atoms. The SMILES string of the molecule is CC#Cc1cc(C)c(-c2c(O)n(C)n(Cc3ccn(C)n3)c2=O)c(CC)c1. The summed E-state index contributed by atoms with van der Waals surface area (Å²) in [5.41, 5.74) is 4.49. The van der Waals surface area contributed by atoms with Crippen LogP contribution in [0.25, 0.3) is 11.1 Å². The summed E-state index contributed by atoms with van der Waals surface area (Å²) in [5.74, 6) is 5.94. The molecule has 0 unspecified atom stereocenters. The maximum Gasteiger partial charge on any atom is 0.278 e. The van der Waals surface area contributed by atoms with Gasteiger partial charge in [0, 0.05) is 25.9 Å². The van der Waals surface area contributed by atoms with Gasteiger partial charge in [-0.25, -0.2) is 4.68 Å². The highest BCUT2D eigenvalue weighted by Gasteiger charge is 2.23. The van der Waals surface area contributed by atoms with Gasteiger partial charge in [-0.05, 0) is 55.2 Å². The van der Waals surface area contributed by atoms with E-state index >= 15 is 0 Å². The largest absolute Gasteiger partial charge is 0.493 e. The molecule has 0 aliphatic heterocycles. The topological polar surface area (TPSA) is 65.0 Å². The van der Waals surface area contributed by atoms with E-state index in [9.17, 15) is 9.90 Å². The minimum Gasteiger partial charge on any atom is -0.493 e. The zero-order valence-corrected chi connectivity index (χ0v) is 16.4. The third-order valence-corrected chi connectivity index (χ3v) is 4.74. The zero-order valence-electron chi connectivity index (χ0n) is 16.4. The maximum atomic E-state index is 13.2. The molecule has 0 fully saturated rings. The van der Waals surface area contributed by atoms with Crippen LogP contribution >= 0.6 is 0 Å². The molecule has 0 saturated heterocycles. The van der Waals surface area contributed by atoms with E-state index < -0.39 is 0 Å². The average molecular weight is 364 g/mol. The van der Waals surface area contributed by atoms with Crippen LogP contribution in [0.15, 0.2) is 29.2 Å². The van der Waals surface area contributed by atoms with Gasteiger partial charge in [0.2, 0.25) is 5.88 Å². The summed E-state index contributed by atoms with van der Waals surface area (Å²) in [6, 6.07) is 5.81. The summed E-state index contributed by atoms with van der Waals surface area (Å²) in [6.45, 7) is 6.08. The summed E-state index contributed by atoms with van der Waals surface area (Å²) in [5, 5.41) is 15.1. The van der Waals surface area contributed by atoms with Crippen molar-refractivity contribution in [3.05, 3.63) is 57.1 Å². The number of benzene rings is 1. The van der Waals surface area contributed by atoms with Crippen molar-refractivity contribution in [3.63, 3.8) is 0 Å². The Kier molecular flexibility index (Phi) is 4.95. The maximum absolute atomic E-state index is 13.2. The lowest BCUT2D eigenvalue weighted by Gasteiger charge is -2.11. The predicted molar refractivity (Wildman–Crippen MR) is 106 cm³/mol. The van der Waals surface area contributed by atoms with E-state index in [0.29, 0.717) is 12.1 Å². The van der Waals surface area contributed by atoms with Crippen LogP contribution in [-0.4, -0.2) is 24.3 Å². The zero-order chi connectivity index (χ0) is 19.7. The lowest BCUT2D eigenvalue weighted by atomic mass is 9.93. The van der Waals surface area contributed by atoms with Crippen LogP contribution in [-0.2, 0) is 27.1 Å². The Morgan fingerprint density at radius 1 is 1.22 bits per heavy atom. The monoisotopic (exact) mass is 364 g/mol. The molecule has 140 valence electrons. The molecule has 0 radical (unpaired) electrons. The summed E-state index contributed by atoms with van der Waals surface area (Å²) >= 11 is 0. The molecule has 1 aromatic carbocycles. The Morgan fingerprint density at radius 3 is 2.56 bits per heavy atom. The lowest BCUT2D eigenvalue weighted by Crippen LogP contribution is -2.23. The molecular formula is C21H24N4O2. The van der Waals surface area contributed by atoms with E-state index in [1.807, 2.05) is 45.3 Å². The van der Waals surface area contributed by atoms with E-state index in [1.54, 1.807) is 18.7 Å². The van der Waals surface area contributed by atoms with Crippen molar-refractivity contribution in [3.8, 4) is 28.8 Å². The lowest BCUT2D eigenvalue weighted by molar-refractivity contribution is 0.389. The van der Waals surface area contributed by atoms with Crippen molar-refractivity contribution in [1.82, 2.24) is 19.1 Å². The van der Waals surface area contributed by atoms with Gasteiger partial charge < -0.3 is 5.11 Å². The number of hydrogen-bond donors (Lipinski definition) is 1. The van der Waals surface area contributed by atoms with Crippen LogP contribution in [0.5, 0.6) is 5.88 Å². The molecule has 0 aliphatic rings. The third kappa shape index (κ3) is 3.28. The Hall–Kier alpha value is -3.20. The highest BCUT2D eigenvalue weighted by Crippen LogP contribution is 2.33. The summed E-state index contributed by atoms with van der Waals surface area (Å²) in [6.07, 6.45) is 2.57. The van der Waals surface area contributed by atoms with Gasteiger partial charge in [-0.3, -0.25) is 14.2 Å². The van der Waals surface area contributed by atoms with Crippen molar-refractivity contribution in [2.75, 3.05) is 0 Å². The Morgan fingerprint density at radius 2 is 1.96 bits per heavy atom. The van der Waals surface area contributed by atoms with Crippen LogP contribution in [0.2, 0.25) is 0 Å². The van der Waals surface area contributed by atoms with Crippen molar-refractivity contribution >= 4 is 0 Å². The minimum atomic E-state index is -0.229. The number of aromatic nitrogens is 4. The van der Waals surface area contributed by atoms with Gasteiger partial charge in [0.1, 0.15) is 5.56 Å². The molecule has 3 aromatic rings. The molecule has 2 aromatic heterocycles. The molecule has 0 aliphatic carbocycles. The average Bonchev–Trinajstić information content (AvgIpc) is 3.13. The Bertz CT molecular complexity index is 1120. The first kappa shape index (κ1) is 18.6. The molecule has 0 saturated carbocycles. The van der Waals surface area contributed by atoms with Crippen molar-refractivity contribution in [2.24, 2.45) is 14.1 Å². The second-order valence-electron chi connectivity index (χ2n) is 6.62. The quantitative estimate of drug-likeness (QED) is 0.724. The molecular weight excluding hydrogens is 340 g/mol. The number of aryl methyl sites for hydroxylation is 3. The van der Waals surface area contributed by atoms with Crippen LogP contribution in [0.1, 0.15) is 36.2 Å².